The van der Waals surface area contributed by atoms with Crippen molar-refractivity contribution in [1.82, 2.24) is 0 Å². The molecule has 0 bridgehead atoms. The molecular weight excluding hydrogens is 277 g/mol. The third-order valence-corrected chi connectivity index (χ3v) is 2.96. The summed E-state index contributed by atoms with van der Waals surface area (Å²) in [6, 6.07) is 3.13. The summed E-state index contributed by atoms with van der Waals surface area (Å²) < 4.78 is 61.6. The van der Waals surface area contributed by atoms with E-state index in [0.29, 0.717) is 0 Å². The Hall–Kier alpha value is -1.77. The molecule has 1 aromatic rings. The highest BCUT2D eigenvalue weighted by molar-refractivity contribution is 7.88. The number of rotatable bonds is 3. The lowest BCUT2D eigenvalue weighted by atomic mass is 10.1. The van der Waals surface area contributed by atoms with Crippen LogP contribution >= 0.6 is 0 Å². The zero-order valence-corrected chi connectivity index (χ0v) is 9.67. The van der Waals surface area contributed by atoms with E-state index in [-0.39, 0.29) is 11.1 Å². The van der Waals surface area contributed by atoms with E-state index in [1.165, 1.54) is 0 Å². The molecule has 1 rings (SSSR count). The van der Waals surface area contributed by atoms with E-state index in [9.17, 15) is 26.4 Å². The van der Waals surface area contributed by atoms with Crippen molar-refractivity contribution in [2.75, 3.05) is 0 Å². The highest BCUT2D eigenvalue weighted by atomic mass is 32.2. The first kappa shape index (κ1) is 14.3. The van der Waals surface area contributed by atoms with Gasteiger partial charge in [0.1, 0.15) is 5.75 Å². The Balaban J connectivity index is 3.23. The van der Waals surface area contributed by atoms with Crippen molar-refractivity contribution in [3.05, 3.63) is 29.3 Å². The molecule has 0 fully saturated rings. The van der Waals surface area contributed by atoms with E-state index in [2.05, 4.69) is 4.18 Å². The van der Waals surface area contributed by atoms with Crippen LogP contribution < -0.4 is 4.18 Å². The lowest BCUT2D eigenvalue weighted by Gasteiger charge is -2.12. The molecule has 0 saturated carbocycles. The van der Waals surface area contributed by atoms with Gasteiger partial charge in [-0.2, -0.15) is 21.6 Å². The number of hydrogen-bond donors (Lipinski definition) is 1. The minimum absolute atomic E-state index is 0.210. The molecule has 1 aromatic carbocycles. The summed E-state index contributed by atoms with van der Waals surface area (Å²) in [7, 11) is -5.81. The molecule has 0 atom stereocenters. The molecule has 0 spiro atoms. The summed E-state index contributed by atoms with van der Waals surface area (Å²) in [6.45, 7) is 1.14. The normalized spacial score (nSPS) is 12.2. The second-order valence-corrected chi connectivity index (χ2v) is 4.75. The van der Waals surface area contributed by atoms with Gasteiger partial charge in [0.2, 0.25) is 0 Å². The molecule has 18 heavy (non-hydrogen) atoms. The van der Waals surface area contributed by atoms with Gasteiger partial charge in [0.15, 0.2) is 0 Å². The van der Waals surface area contributed by atoms with Gasteiger partial charge in [-0.05, 0) is 19.1 Å². The van der Waals surface area contributed by atoms with Gasteiger partial charge in [0.05, 0.1) is 5.56 Å². The first-order chi connectivity index (χ1) is 8.06. The van der Waals surface area contributed by atoms with Crippen LogP contribution in [0.15, 0.2) is 18.2 Å². The fourth-order valence-corrected chi connectivity index (χ4v) is 1.61. The second-order valence-electron chi connectivity index (χ2n) is 3.22. The molecule has 0 aliphatic carbocycles. The summed E-state index contributed by atoms with van der Waals surface area (Å²) in [6.07, 6.45) is 0. The van der Waals surface area contributed by atoms with Crippen molar-refractivity contribution < 1.29 is 35.7 Å². The highest BCUT2D eigenvalue weighted by Crippen LogP contribution is 2.29. The monoisotopic (exact) mass is 284 g/mol. The van der Waals surface area contributed by atoms with Gasteiger partial charge in [-0.3, -0.25) is 0 Å². The van der Waals surface area contributed by atoms with Crippen molar-refractivity contribution in [3.63, 3.8) is 0 Å². The number of carbonyl (C=O) groups is 1. The van der Waals surface area contributed by atoms with Crippen LogP contribution in [0.2, 0.25) is 0 Å². The molecule has 0 amide bonds. The molecule has 1 N–H and O–H groups in total. The Morgan fingerprint density at radius 2 is 1.89 bits per heavy atom. The largest absolute Gasteiger partial charge is 0.534 e. The van der Waals surface area contributed by atoms with E-state index < -0.39 is 27.3 Å². The fourth-order valence-electron chi connectivity index (χ4n) is 1.10. The number of alkyl halides is 3. The van der Waals surface area contributed by atoms with E-state index in [1.807, 2.05) is 0 Å². The predicted molar refractivity (Wildman–Crippen MR) is 53.7 cm³/mol. The standard InChI is InChI=1S/C9H7F3O5S/c1-5-6(8(13)14)3-2-4-7(5)17-18(15,16)9(10,11)12/h2-4H,1H3,(H,13,14). The molecule has 5 nitrogen and oxygen atoms in total. The number of benzene rings is 1. The highest BCUT2D eigenvalue weighted by Gasteiger charge is 2.48. The summed E-state index contributed by atoms with van der Waals surface area (Å²) >= 11 is 0. The first-order valence-corrected chi connectivity index (χ1v) is 5.81. The Kier molecular flexibility index (Phi) is 3.56. The average molecular weight is 284 g/mol. The molecule has 0 aliphatic heterocycles. The summed E-state index contributed by atoms with van der Waals surface area (Å²) in [5, 5.41) is 8.72. The van der Waals surface area contributed by atoms with Crippen LogP contribution in [0.4, 0.5) is 13.2 Å². The fraction of sp³-hybridized carbons (Fsp3) is 0.222. The van der Waals surface area contributed by atoms with E-state index in [4.69, 9.17) is 5.11 Å². The van der Waals surface area contributed by atoms with Crippen LogP contribution in [0.1, 0.15) is 15.9 Å². The van der Waals surface area contributed by atoms with Crippen molar-refractivity contribution in [2.45, 2.75) is 12.4 Å². The van der Waals surface area contributed by atoms with Gasteiger partial charge in [-0.25, -0.2) is 4.79 Å². The van der Waals surface area contributed by atoms with Crippen molar-refractivity contribution in [2.24, 2.45) is 0 Å². The maximum absolute atomic E-state index is 12.1. The van der Waals surface area contributed by atoms with Gasteiger partial charge in [-0.1, -0.05) is 6.07 Å². The maximum Gasteiger partial charge on any atom is 0.534 e. The van der Waals surface area contributed by atoms with Crippen LogP contribution in [0.25, 0.3) is 0 Å². The Morgan fingerprint density at radius 1 is 1.33 bits per heavy atom. The molecule has 0 aromatic heterocycles. The molecule has 0 heterocycles. The van der Waals surface area contributed by atoms with Gasteiger partial charge in [-0.15, -0.1) is 0 Å². The molecule has 9 heteroatoms. The van der Waals surface area contributed by atoms with Gasteiger partial charge in [0, 0.05) is 5.56 Å². The number of halogens is 3. The summed E-state index contributed by atoms with van der Waals surface area (Å²) in [5.41, 5.74) is -6.12. The van der Waals surface area contributed by atoms with E-state index in [0.717, 1.165) is 25.1 Å². The number of aromatic carboxylic acids is 1. The van der Waals surface area contributed by atoms with E-state index >= 15 is 0 Å². The summed E-state index contributed by atoms with van der Waals surface area (Å²) in [5.74, 6) is -2.07. The molecular formula is C9H7F3O5S. The quantitative estimate of drug-likeness (QED) is 0.677. The van der Waals surface area contributed by atoms with Crippen molar-refractivity contribution in [3.8, 4) is 5.75 Å². The summed E-state index contributed by atoms with van der Waals surface area (Å²) in [4.78, 5) is 10.7. The minimum Gasteiger partial charge on any atom is -0.478 e. The van der Waals surface area contributed by atoms with E-state index in [1.54, 1.807) is 0 Å². The van der Waals surface area contributed by atoms with Gasteiger partial charge in [0.25, 0.3) is 0 Å². The molecule has 0 aliphatic rings. The van der Waals surface area contributed by atoms with Crippen LogP contribution in [-0.4, -0.2) is 25.0 Å². The SMILES string of the molecule is Cc1c(OS(=O)(=O)C(F)(F)F)cccc1C(=O)O. The van der Waals surface area contributed by atoms with Gasteiger partial charge < -0.3 is 9.29 Å². The lowest BCUT2D eigenvalue weighted by molar-refractivity contribution is -0.0500. The van der Waals surface area contributed by atoms with Gasteiger partial charge >= 0.3 is 21.6 Å². The van der Waals surface area contributed by atoms with Crippen LogP contribution in [0, 0.1) is 6.92 Å². The maximum atomic E-state index is 12.1. The second kappa shape index (κ2) is 4.48. The average Bonchev–Trinajstić information content (AvgIpc) is 2.18. The Morgan fingerprint density at radius 3 is 2.33 bits per heavy atom. The number of carboxylic acid groups (broad SMARTS) is 1. The van der Waals surface area contributed by atoms with Crippen molar-refractivity contribution in [1.29, 1.82) is 0 Å². The topological polar surface area (TPSA) is 80.7 Å². The number of hydrogen-bond acceptors (Lipinski definition) is 4. The third kappa shape index (κ3) is 2.73. The smallest absolute Gasteiger partial charge is 0.478 e. The minimum atomic E-state index is -5.81. The number of carboxylic acids is 1. The molecule has 0 saturated heterocycles. The Labute approximate surface area is 99.9 Å². The zero-order valence-electron chi connectivity index (χ0n) is 8.85. The first-order valence-electron chi connectivity index (χ1n) is 4.40. The molecule has 0 radical (unpaired) electrons. The van der Waals surface area contributed by atoms with Crippen LogP contribution in [0.5, 0.6) is 5.75 Å². The lowest BCUT2D eigenvalue weighted by Crippen LogP contribution is -2.28. The zero-order chi connectivity index (χ0) is 14.1. The van der Waals surface area contributed by atoms with Crippen LogP contribution in [0.3, 0.4) is 0 Å². The van der Waals surface area contributed by atoms with Crippen molar-refractivity contribution >= 4 is 16.1 Å². The Bertz CT molecular complexity index is 576. The van der Waals surface area contributed by atoms with Crippen LogP contribution in [-0.2, 0) is 10.1 Å². The predicted octanol–water partition coefficient (Wildman–Crippen LogP) is 1.92. The third-order valence-electron chi connectivity index (χ3n) is 2.00. The molecule has 100 valence electrons. The molecule has 0 unspecified atom stereocenters.